The fourth-order valence-corrected chi connectivity index (χ4v) is 5.64. The van der Waals surface area contributed by atoms with Crippen LogP contribution in [-0.4, -0.2) is 87.3 Å². The number of aliphatic hydroxyl groups excluding tert-OH is 1. The Morgan fingerprint density at radius 1 is 1.29 bits per heavy atom. The third-order valence-electron chi connectivity index (χ3n) is 6.18. The van der Waals surface area contributed by atoms with Crippen LogP contribution in [0.5, 0.6) is 0 Å². The molecule has 0 saturated heterocycles. The first kappa shape index (κ1) is 34.1. The minimum Gasteiger partial charge on any atom is -0.395 e. The Kier molecular flexibility index (Phi) is 15.2. The molecule has 216 valence electrons. The maximum absolute atomic E-state index is 13.3. The number of likely N-dealkylation sites (N-methyl/N-ethyl adjacent to an activating group) is 1. The molecular formula is C28H44F3IN4O2. The summed E-state index contributed by atoms with van der Waals surface area (Å²) in [6, 6.07) is -0.582. The molecule has 1 amide bonds. The second-order valence-electron chi connectivity index (χ2n) is 9.73. The average Bonchev–Trinajstić information content (AvgIpc) is 2.86. The Hall–Kier alpha value is -1.92. The number of carbonyl (C=O) groups is 1. The van der Waals surface area contributed by atoms with Crippen molar-refractivity contribution < 1.29 is 23.1 Å². The van der Waals surface area contributed by atoms with E-state index in [9.17, 15) is 23.1 Å². The van der Waals surface area contributed by atoms with Crippen LogP contribution in [0.25, 0.3) is 0 Å². The summed E-state index contributed by atoms with van der Waals surface area (Å²) in [7, 11) is 3.87. The molecular weight excluding hydrogens is 608 g/mol. The molecule has 38 heavy (non-hydrogen) atoms. The number of allylic oxidation sites excluding steroid dienone is 5. The van der Waals surface area contributed by atoms with Crippen molar-refractivity contribution in [2.75, 3.05) is 38.2 Å². The van der Waals surface area contributed by atoms with Gasteiger partial charge in [0.2, 0.25) is 0 Å². The summed E-state index contributed by atoms with van der Waals surface area (Å²) in [6.45, 7) is 12.3. The van der Waals surface area contributed by atoms with Crippen LogP contribution in [0.3, 0.4) is 0 Å². The van der Waals surface area contributed by atoms with Crippen molar-refractivity contribution in [2.24, 2.45) is 5.92 Å². The van der Waals surface area contributed by atoms with Gasteiger partial charge >= 0.3 is 6.18 Å². The molecule has 3 N–H and O–H groups in total. The summed E-state index contributed by atoms with van der Waals surface area (Å²) < 4.78 is 40.7. The zero-order valence-corrected chi connectivity index (χ0v) is 25.5. The second-order valence-corrected chi connectivity index (χ2v) is 12.0. The highest BCUT2D eigenvalue weighted by atomic mass is 127. The quantitative estimate of drug-likeness (QED) is 0.105. The Balaban J connectivity index is 3.03. The third-order valence-corrected chi connectivity index (χ3v) is 8.57. The largest absolute Gasteiger partial charge is 0.430 e. The highest BCUT2D eigenvalue weighted by Gasteiger charge is 2.34. The van der Waals surface area contributed by atoms with Crippen molar-refractivity contribution in [3.8, 4) is 0 Å². The normalized spacial score (nSPS) is 17.4. The van der Waals surface area contributed by atoms with Crippen LogP contribution >= 0.6 is 20.7 Å². The fraction of sp³-hybridized carbons (Fsp3) is 0.571. The lowest BCUT2D eigenvalue weighted by Crippen LogP contribution is -2.52. The van der Waals surface area contributed by atoms with Gasteiger partial charge in [-0.1, -0.05) is 45.6 Å². The Bertz CT molecular complexity index is 924. The SMILES string of the molecule is C=C/C(=C\C(/C=C/CC)NC(CO)CN(C(=O)C=ICC1=CC=C(C(F)(F)F)NC1)[C@H](C)C(C)C)N(C)C. The van der Waals surface area contributed by atoms with Gasteiger partial charge in [0.1, 0.15) is 5.70 Å². The van der Waals surface area contributed by atoms with E-state index in [4.69, 9.17) is 0 Å². The van der Waals surface area contributed by atoms with Crippen LogP contribution in [0.15, 0.2) is 60.0 Å². The van der Waals surface area contributed by atoms with Crippen molar-refractivity contribution in [1.82, 2.24) is 20.4 Å². The number of nitrogens with zero attached hydrogens (tertiary/aromatic N) is 2. The van der Waals surface area contributed by atoms with Crippen LogP contribution in [-0.2, 0) is 4.79 Å². The molecule has 1 aliphatic heterocycles. The molecule has 0 aromatic carbocycles. The van der Waals surface area contributed by atoms with Gasteiger partial charge in [0.25, 0.3) is 5.91 Å². The van der Waals surface area contributed by atoms with Crippen LogP contribution in [0.4, 0.5) is 13.2 Å². The molecule has 0 bridgehead atoms. The molecule has 1 heterocycles. The lowest BCUT2D eigenvalue weighted by Gasteiger charge is -2.34. The second kappa shape index (κ2) is 16.9. The topological polar surface area (TPSA) is 67.8 Å². The molecule has 6 nitrogen and oxygen atoms in total. The van der Waals surface area contributed by atoms with Crippen LogP contribution in [0.2, 0.25) is 0 Å². The molecule has 0 spiro atoms. The summed E-state index contributed by atoms with van der Waals surface area (Å²) in [6.07, 6.45) is 6.94. The van der Waals surface area contributed by atoms with Crippen LogP contribution in [0, 0.1) is 5.92 Å². The van der Waals surface area contributed by atoms with Gasteiger partial charge in [-0.15, -0.1) is 20.7 Å². The van der Waals surface area contributed by atoms with E-state index in [1.165, 1.54) is 6.08 Å². The zero-order chi connectivity index (χ0) is 28.9. The minimum atomic E-state index is -4.38. The van der Waals surface area contributed by atoms with Gasteiger partial charge in [0.15, 0.2) is 0 Å². The predicted molar refractivity (Wildman–Crippen MR) is 160 cm³/mol. The predicted octanol–water partition coefficient (Wildman–Crippen LogP) is 4.53. The van der Waals surface area contributed by atoms with Gasteiger partial charge in [0.05, 0.1) is 6.61 Å². The zero-order valence-electron chi connectivity index (χ0n) is 23.4. The monoisotopic (exact) mass is 652 g/mol. The van der Waals surface area contributed by atoms with Crippen molar-refractivity contribution in [3.63, 3.8) is 0 Å². The first-order chi connectivity index (χ1) is 17.8. The number of alkyl halides is 4. The molecule has 0 aromatic heterocycles. The van der Waals surface area contributed by atoms with Crippen molar-refractivity contribution in [2.45, 2.75) is 58.4 Å². The standard InChI is InChI=1S/C28H44F3IN4O2/c1-8-10-11-23(14-25(9-2)35(6)7)34-24(19-37)18-36(21(5)20(3)4)27(38)16-32-15-22-12-13-26(33-17-22)28(29,30)31/h9-14,16,20-21,23-24,33-34,37H,2,8,15,17-19H2,1,3-7H3/b11-10+,25-14+/t21-,23?,24?/m1/s1. The molecule has 0 saturated carbocycles. The number of nitrogens with one attached hydrogen (secondary N) is 2. The van der Waals surface area contributed by atoms with E-state index >= 15 is 0 Å². The maximum atomic E-state index is 13.3. The average molecular weight is 653 g/mol. The molecule has 0 fully saturated rings. The van der Waals surface area contributed by atoms with Gasteiger partial charge in [-0.3, -0.25) is 4.79 Å². The molecule has 2 unspecified atom stereocenters. The van der Waals surface area contributed by atoms with E-state index in [0.717, 1.165) is 23.8 Å². The Morgan fingerprint density at radius 2 is 1.97 bits per heavy atom. The van der Waals surface area contributed by atoms with Crippen molar-refractivity contribution >= 4 is 30.6 Å². The Labute approximate surface area is 236 Å². The smallest absolute Gasteiger partial charge is 0.395 e. The number of hydrogen-bond donors (Lipinski definition) is 3. The number of aliphatic hydroxyl groups is 1. The number of carbonyl (C=O) groups excluding carboxylic acids is 1. The number of rotatable bonds is 15. The summed E-state index contributed by atoms with van der Waals surface area (Å²) >= 11 is -0.696. The first-order valence-electron chi connectivity index (χ1n) is 12.8. The lowest BCUT2D eigenvalue weighted by atomic mass is 10.0. The first-order valence-corrected chi connectivity index (χ1v) is 15.6. The molecule has 0 aliphatic carbocycles. The molecule has 1 rings (SSSR count). The number of halogens is 4. The van der Waals surface area contributed by atoms with E-state index in [-0.39, 0.29) is 43.1 Å². The minimum absolute atomic E-state index is 0.0582. The highest BCUT2D eigenvalue weighted by Crippen LogP contribution is 2.26. The van der Waals surface area contributed by atoms with Crippen LogP contribution in [0.1, 0.15) is 34.1 Å². The summed E-state index contributed by atoms with van der Waals surface area (Å²) in [5, 5.41) is 16.1. The van der Waals surface area contributed by atoms with E-state index in [2.05, 4.69) is 30.2 Å². The van der Waals surface area contributed by atoms with E-state index in [0.29, 0.717) is 11.0 Å². The summed E-state index contributed by atoms with van der Waals surface area (Å²) in [5.41, 5.74) is 1.04. The molecule has 0 radical (unpaired) electrons. The van der Waals surface area contributed by atoms with E-state index in [1.807, 2.05) is 51.9 Å². The van der Waals surface area contributed by atoms with Crippen LogP contribution < -0.4 is 10.6 Å². The van der Waals surface area contributed by atoms with Gasteiger partial charge in [-0.05, 0) is 43.1 Å². The third kappa shape index (κ3) is 11.9. The molecule has 1 aliphatic rings. The van der Waals surface area contributed by atoms with Gasteiger partial charge < -0.3 is 25.5 Å². The van der Waals surface area contributed by atoms with Gasteiger partial charge in [0, 0.05) is 59.4 Å². The molecule has 3 atom stereocenters. The molecule has 0 aromatic rings. The fourth-order valence-electron chi connectivity index (χ4n) is 3.60. The molecule has 10 heteroatoms. The lowest BCUT2D eigenvalue weighted by molar-refractivity contribution is -0.126. The number of dihydropyridines is 1. The summed E-state index contributed by atoms with van der Waals surface area (Å²) in [4.78, 5) is 17.0. The Morgan fingerprint density at radius 3 is 2.45 bits per heavy atom. The van der Waals surface area contributed by atoms with Crippen molar-refractivity contribution in [3.05, 3.63) is 60.0 Å². The highest BCUT2D eigenvalue weighted by molar-refractivity contribution is 14.2. The van der Waals surface area contributed by atoms with Gasteiger partial charge in [-0.2, -0.15) is 13.2 Å². The number of amides is 1. The van der Waals surface area contributed by atoms with Crippen molar-refractivity contribution in [1.29, 1.82) is 0 Å². The van der Waals surface area contributed by atoms with E-state index in [1.54, 1.807) is 15.0 Å². The number of hydrogen-bond acceptors (Lipinski definition) is 5. The van der Waals surface area contributed by atoms with E-state index < -0.39 is 32.6 Å². The maximum Gasteiger partial charge on any atom is 0.430 e. The van der Waals surface area contributed by atoms with Gasteiger partial charge in [-0.25, -0.2) is 0 Å². The summed E-state index contributed by atoms with van der Waals surface area (Å²) in [5.74, 6) is 0.101.